The Morgan fingerprint density at radius 2 is 1.85 bits per heavy atom. The number of likely N-dealkylation sites (tertiary alicyclic amines) is 1. The Hall–Kier alpha value is -1.33. The molecule has 0 aromatic heterocycles. The minimum absolute atomic E-state index is 0.0554. The highest BCUT2D eigenvalue weighted by molar-refractivity contribution is 5.70. The molecule has 0 aromatic carbocycles. The summed E-state index contributed by atoms with van der Waals surface area (Å²) in [6.07, 6.45) is -0.805. The van der Waals surface area contributed by atoms with Crippen LogP contribution >= 0.6 is 0 Å². The summed E-state index contributed by atoms with van der Waals surface area (Å²) in [5, 5.41) is 0. The summed E-state index contributed by atoms with van der Waals surface area (Å²) < 4.78 is 23.8. The average Bonchev–Trinajstić information content (AvgIpc) is 2.50. The van der Waals surface area contributed by atoms with Gasteiger partial charge in [0.1, 0.15) is 11.8 Å². The van der Waals surface area contributed by atoms with Crippen LogP contribution in [0.25, 0.3) is 0 Å². The molecule has 0 aromatic rings. The van der Waals surface area contributed by atoms with Crippen molar-refractivity contribution in [1.82, 2.24) is 4.90 Å². The van der Waals surface area contributed by atoms with Crippen molar-refractivity contribution in [1.29, 1.82) is 0 Å². The molecule has 0 saturated carbocycles. The number of esters is 1. The van der Waals surface area contributed by atoms with Gasteiger partial charge in [0.25, 0.3) is 0 Å². The number of nitrogens with zero attached hydrogens (tertiary/aromatic N) is 1. The van der Waals surface area contributed by atoms with Crippen LogP contribution in [0.15, 0.2) is 0 Å². The van der Waals surface area contributed by atoms with Gasteiger partial charge in [-0.25, -0.2) is 9.18 Å². The molecule has 1 saturated heterocycles. The second kappa shape index (κ2) is 6.90. The molecule has 20 heavy (non-hydrogen) atoms. The number of carbonyl (C=O) groups is 2. The quantitative estimate of drug-likeness (QED) is 0.733. The Balaban J connectivity index is 2.57. The molecular formula is C14H24FNO4. The highest BCUT2D eigenvalue weighted by atomic mass is 19.1. The lowest BCUT2D eigenvalue weighted by Gasteiger charge is -2.26. The highest BCUT2D eigenvalue weighted by Gasteiger charge is 2.31. The number of hydrogen-bond donors (Lipinski definition) is 0. The molecule has 1 aliphatic rings. The molecule has 6 heteroatoms. The zero-order valence-corrected chi connectivity index (χ0v) is 12.6. The van der Waals surface area contributed by atoms with Crippen molar-refractivity contribution >= 4 is 12.1 Å². The first-order chi connectivity index (χ1) is 9.23. The van der Waals surface area contributed by atoms with Crippen LogP contribution in [-0.2, 0) is 14.3 Å². The van der Waals surface area contributed by atoms with E-state index in [1.165, 1.54) is 12.0 Å². The van der Waals surface area contributed by atoms with Crippen molar-refractivity contribution in [3.63, 3.8) is 0 Å². The molecule has 0 spiro atoms. The Morgan fingerprint density at radius 3 is 2.40 bits per heavy atom. The molecule has 1 rings (SSSR count). The van der Waals surface area contributed by atoms with Gasteiger partial charge in [0.2, 0.25) is 0 Å². The Morgan fingerprint density at radius 1 is 1.25 bits per heavy atom. The number of ether oxygens (including phenoxy) is 2. The van der Waals surface area contributed by atoms with Crippen molar-refractivity contribution in [2.45, 2.75) is 51.8 Å². The Bertz CT molecular complexity index is 354. The molecule has 1 heterocycles. The second-order valence-corrected chi connectivity index (χ2v) is 6.10. The minimum atomic E-state index is -1.10. The van der Waals surface area contributed by atoms with Gasteiger partial charge in [-0.15, -0.1) is 0 Å². The molecule has 0 bridgehead atoms. The normalized spacial score (nSPS) is 23.9. The van der Waals surface area contributed by atoms with E-state index in [2.05, 4.69) is 4.74 Å². The van der Waals surface area contributed by atoms with Crippen LogP contribution < -0.4 is 0 Å². The number of halogens is 1. The smallest absolute Gasteiger partial charge is 0.410 e. The van der Waals surface area contributed by atoms with E-state index >= 15 is 0 Å². The van der Waals surface area contributed by atoms with Gasteiger partial charge in [-0.05, 0) is 33.6 Å². The Labute approximate surface area is 119 Å². The Kier molecular flexibility index (Phi) is 5.77. The largest absolute Gasteiger partial charge is 0.469 e. The summed E-state index contributed by atoms with van der Waals surface area (Å²) in [7, 11) is 1.29. The van der Waals surface area contributed by atoms with Crippen LogP contribution in [0.1, 0.15) is 40.0 Å². The van der Waals surface area contributed by atoms with Crippen molar-refractivity contribution in [2.75, 3.05) is 20.2 Å². The lowest BCUT2D eigenvalue weighted by molar-refractivity contribution is -0.142. The third kappa shape index (κ3) is 5.35. The molecule has 0 N–H and O–H groups in total. The summed E-state index contributed by atoms with van der Waals surface area (Å²) in [5.74, 6) is -0.807. The molecule has 0 unspecified atom stereocenters. The van der Waals surface area contributed by atoms with E-state index in [9.17, 15) is 14.0 Å². The van der Waals surface area contributed by atoms with Gasteiger partial charge in [-0.1, -0.05) is 0 Å². The lowest BCUT2D eigenvalue weighted by Crippen LogP contribution is -2.37. The van der Waals surface area contributed by atoms with Gasteiger partial charge in [-0.2, -0.15) is 0 Å². The molecule has 0 radical (unpaired) electrons. The van der Waals surface area contributed by atoms with Crippen LogP contribution in [-0.4, -0.2) is 48.9 Å². The molecule has 2 atom stereocenters. The molecule has 1 amide bonds. The monoisotopic (exact) mass is 289 g/mol. The van der Waals surface area contributed by atoms with Crippen molar-refractivity contribution in [3.05, 3.63) is 0 Å². The van der Waals surface area contributed by atoms with E-state index in [4.69, 9.17) is 4.74 Å². The van der Waals surface area contributed by atoms with Crippen molar-refractivity contribution in [2.24, 2.45) is 5.92 Å². The maximum atomic E-state index is 14.0. The van der Waals surface area contributed by atoms with Gasteiger partial charge in [0.15, 0.2) is 0 Å². The summed E-state index contributed by atoms with van der Waals surface area (Å²) in [6, 6.07) is 0. The second-order valence-electron chi connectivity index (χ2n) is 6.10. The van der Waals surface area contributed by atoms with E-state index in [-0.39, 0.29) is 12.8 Å². The van der Waals surface area contributed by atoms with Gasteiger partial charge in [0, 0.05) is 19.0 Å². The van der Waals surface area contributed by atoms with Crippen molar-refractivity contribution in [3.8, 4) is 0 Å². The summed E-state index contributed by atoms with van der Waals surface area (Å²) in [4.78, 5) is 24.7. The van der Waals surface area contributed by atoms with E-state index < -0.39 is 29.8 Å². The van der Waals surface area contributed by atoms with E-state index in [1.54, 1.807) is 20.8 Å². The van der Waals surface area contributed by atoms with E-state index in [0.717, 1.165) is 0 Å². The van der Waals surface area contributed by atoms with Crippen LogP contribution in [0.5, 0.6) is 0 Å². The SMILES string of the molecule is COC(=O)C[C@@H]1CCN(C(=O)OC(C)(C)C)CC[C@H]1F. The van der Waals surface area contributed by atoms with Crippen LogP contribution in [0.3, 0.4) is 0 Å². The third-order valence-electron chi connectivity index (χ3n) is 3.26. The first-order valence-electron chi connectivity index (χ1n) is 6.91. The molecule has 0 aliphatic carbocycles. The number of carbonyl (C=O) groups excluding carboxylic acids is 2. The topological polar surface area (TPSA) is 55.8 Å². The number of alkyl halides is 1. The standard InChI is InChI=1S/C14H24FNO4/c1-14(2,3)20-13(18)16-7-5-10(9-12(17)19-4)11(15)6-8-16/h10-11H,5-9H2,1-4H3/t10-,11+/m0/s1. The fourth-order valence-electron chi connectivity index (χ4n) is 2.17. The molecule has 116 valence electrons. The molecule has 1 aliphatic heterocycles. The molecule has 5 nitrogen and oxygen atoms in total. The molecular weight excluding hydrogens is 265 g/mol. The first kappa shape index (κ1) is 16.7. The van der Waals surface area contributed by atoms with E-state index in [1.807, 2.05) is 0 Å². The maximum absolute atomic E-state index is 14.0. The van der Waals surface area contributed by atoms with Gasteiger partial charge in [-0.3, -0.25) is 4.79 Å². The third-order valence-corrected chi connectivity index (χ3v) is 3.26. The van der Waals surface area contributed by atoms with Crippen molar-refractivity contribution < 1.29 is 23.5 Å². The molecule has 1 fully saturated rings. The van der Waals surface area contributed by atoms with Gasteiger partial charge >= 0.3 is 12.1 Å². The predicted molar refractivity (Wildman–Crippen MR) is 72.1 cm³/mol. The highest BCUT2D eigenvalue weighted by Crippen LogP contribution is 2.25. The van der Waals surface area contributed by atoms with E-state index in [0.29, 0.717) is 19.5 Å². The fraction of sp³-hybridized carbons (Fsp3) is 0.857. The predicted octanol–water partition coefficient (Wildman–Crippen LogP) is 2.53. The zero-order valence-electron chi connectivity index (χ0n) is 12.6. The first-order valence-corrected chi connectivity index (χ1v) is 6.91. The lowest BCUT2D eigenvalue weighted by atomic mass is 9.95. The average molecular weight is 289 g/mol. The van der Waals surface area contributed by atoms with Crippen LogP contribution in [0.2, 0.25) is 0 Å². The van der Waals surface area contributed by atoms with Gasteiger partial charge < -0.3 is 14.4 Å². The summed E-state index contributed by atoms with van der Waals surface area (Å²) in [5.41, 5.74) is -0.566. The zero-order chi connectivity index (χ0) is 15.3. The fourth-order valence-corrected chi connectivity index (χ4v) is 2.17. The summed E-state index contributed by atoms with van der Waals surface area (Å²) >= 11 is 0. The summed E-state index contributed by atoms with van der Waals surface area (Å²) in [6.45, 7) is 6.09. The number of methoxy groups -OCH3 is 1. The number of amides is 1. The number of rotatable bonds is 2. The number of hydrogen-bond acceptors (Lipinski definition) is 4. The van der Waals surface area contributed by atoms with Gasteiger partial charge in [0.05, 0.1) is 13.5 Å². The maximum Gasteiger partial charge on any atom is 0.410 e. The van der Waals surface area contributed by atoms with Crippen LogP contribution in [0, 0.1) is 5.92 Å². The van der Waals surface area contributed by atoms with Crippen LogP contribution in [0.4, 0.5) is 9.18 Å². The minimum Gasteiger partial charge on any atom is -0.469 e.